The monoisotopic (exact) mass is 436 g/mol. The number of fused-ring (bicyclic) bond motifs is 1. The van der Waals surface area contributed by atoms with Gasteiger partial charge in [0, 0.05) is 15.6 Å². The summed E-state index contributed by atoms with van der Waals surface area (Å²) in [6, 6.07) is 20.6. The fourth-order valence-corrected chi connectivity index (χ4v) is 3.33. The molecular weight excluding hydrogens is 420 g/mol. The Morgan fingerprint density at radius 1 is 1.00 bits per heavy atom. The molecule has 1 N–H and O–H groups in total. The lowest BCUT2D eigenvalue weighted by Gasteiger charge is -2.13. The summed E-state index contributed by atoms with van der Waals surface area (Å²) in [7, 11) is 1.58. The van der Waals surface area contributed by atoms with Crippen LogP contribution in [0.25, 0.3) is 22.3 Å². The summed E-state index contributed by atoms with van der Waals surface area (Å²) in [6.45, 7) is 0.405. The number of H-pyrrole nitrogens is 1. The molecule has 0 radical (unpaired) electrons. The summed E-state index contributed by atoms with van der Waals surface area (Å²) in [5.74, 6) is 1.67. The van der Waals surface area contributed by atoms with Gasteiger partial charge in [0.15, 0.2) is 11.5 Å². The van der Waals surface area contributed by atoms with Crippen LogP contribution >= 0.6 is 15.9 Å². The molecule has 4 rings (SSSR count). The first-order valence-corrected chi connectivity index (χ1v) is 9.48. The molecule has 0 fully saturated rings. The molecule has 0 bridgehead atoms. The first-order valence-electron chi connectivity index (χ1n) is 8.69. The largest absolute Gasteiger partial charge is 0.493 e. The molecule has 0 saturated carbocycles. The summed E-state index contributed by atoms with van der Waals surface area (Å²) in [5.41, 5.74) is 2.25. The Bertz CT molecular complexity index is 1200. The Hall–Kier alpha value is -3.12. The van der Waals surface area contributed by atoms with E-state index in [2.05, 4.69) is 25.9 Å². The van der Waals surface area contributed by atoms with Crippen molar-refractivity contribution >= 4 is 26.8 Å². The van der Waals surface area contributed by atoms with Crippen LogP contribution in [0.5, 0.6) is 11.5 Å². The third-order valence-electron chi connectivity index (χ3n) is 4.39. The number of para-hydroxylation sites is 1. The Morgan fingerprint density at radius 3 is 2.61 bits per heavy atom. The molecule has 1 aromatic heterocycles. The minimum absolute atomic E-state index is 0.172. The molecule has 0 aliphatic carbocycles. The predicted molar refractivity (Wildman–Crippen MR) is 113 cm³/mol. The van der Waals surface area contributed by atoms with Crippen molar-refractivity contribution in [3.05, 3.63) is 87.1 Å². The highest BCUT2D eigenvalue weighted by atomic mass is 79.9. The van der Waals surface area contributed by atoms with Gasteiger partial charge in [0.05, 0.1) is 18.0 Å². The van der Waals surface area contributed by atoms with Crippen LogP contribution in [0, 0.1) is 0 Å². The van der Waals surface area contributed by atoms with Gasteiger partial charge in [0.25, 0.3) is 5.56 Å². The maximum Gasteiger partial charge on any atom is 0.259 e. The average molecular weight is 437 g/mol. The Balaban J connectivity index is 1.65. The second-order valence-corrected chi connectivity index (χ2v) is 7.03. The molecular formula is C22H17BrN2O3. The van der Waals surface area contributed by atoms with E-state index >= 15 is 0 Å². The van der Waals surface area contributed by atoms with E-state index in [0.717, 1.165) is 15.6 Å². The smallest absolute Gasteiger partial charge is 0.259 e. The SMILES string of the molecule is COc1cc(-c2nc3ccccc3c(=O)[nH]2)ccc1OCc1ccccc1Br. The summed E-state index contributed by atoms with van der Waals surface area (Å²) >= 11 is 3.52. The molecule has 28 heavy (non-hydrogen) atoms. The zero-order valence-electron chi connectivity index (χ0n) is 15.1. The van der Waals surface area contributed by atoms with Gasteiger partial charge in [-0.2, -0.15) is 0 Å². The standard InChI is InChI=1S/C22H17BrN2O3/c1-27-20-12-14(21-24-18-9-5-3-7-16(18)22(26)25-21)10-11-19(20)28-13-15-6-2-4-8-17(15)23/h2-12H,13H2,1H3,(H,24,25,26). The zero-order valence-corrected chi connectivity index (χ0v) is 16.7. The van der Waals surface area contributed by atoms with Gasteiger partial charge in [-0.25, -0.2) is 4.98 Å². The van der Waals surface area contributed by atoms with Crippen LogP contribution in [0.15, 0.2) is 76.0 Å². The van der Waals surface area contributed by atoms with E-state index in [1.54, 1.807) is 13.2 Å². The number of hydrogen-bond acceptors (Lipinski definition) is 4. The van der Waals surface area contributed by atoms with E-state index in [9.17, 15) is 4.79 Å². The molecule has 0 aliphatic rings. The predicted octanol–water partition coefficient (Wildman–Crippen LogP) is 4.94. The molecule has 0 saturated heterocycles. The van der Waals surface area contributed by atoms with E-state index in [0.29, 0.717) is 34.8 Å². The molecule has 4 aromatic rings. The van der Waals surface area contributed by atoms with Crippen molar-refractivity contribution in [1.82, 2.24) is 9.97 Å². The van der Waals surface area contributed by atoms with Crippen LogP contribution in [0.2, 0.25) is 0 Å². The van der Waals surface area contributed by atoms with Crippen LogP contribution in [-0.4, -0.2) is 17.1 Å². The van der Waals surface area contributed by atoms with Crippen molar-refractivity contribution in [3.63, 3.8) is 0 Å². The van der Waals surface area contributed by atoms with Gasteiger partial charge in [-0.15, -0.1) is 0 Å². The van der Waals surface area contributed by atoms with E-state index in [-0.39, 0.29) is 5.56 Å². The Morgan fingerprint density at radius 2 is 1.79 bits per heavy atom. The van der Waals surface area contributed by atoms with Crippen LogP contribution < -0.4 is 15.0 Å². The number of rotatable bonds is 5. The Labute approximate surface area is 170 Å². The number of nitrogens with zero attached hydrogens (tertiary/aromatic N) is 1. The maximum absolute atomic E-state index is 12.3. The van der Waals surface area contributed by atoms with Crippen molar-refractivity contribution in [2.75, 3.05) is 7.11 Å². The summed E-state index contributed by atoms with van der Waals surface area (Å²) in [6.07, 6.45) is 0. The number of hydrogen-bond donors (Lipinski definition) is 1. The second-order valence-electron chi connectivity index (χ2n) is 6.18. The number of methoxy groups -OCH3 is 1. The lowest BCUT2D eigenvalue weighted by Crippen LogP contribution is -2.09. The molecule has 0 unspecified atom stereocenters. The number of nitrogens with one attached hydrogen (secondary N) is 1. The lowest BCUT2D eigenvalue weighted by atomic mass is 10.1. The van der Waals surface area contributed by atoms with Gasteiger partial charge in [-0.05, 0) is 36.4 Å². The third-order valence-corrected chi connectivity index (χ3v) is 5.16. The van der Waals surface area contributed by atoms with Crippen molar-refractivity contribution in [1.29, 1.82) is 0 Å². The molecule has 0 atom stereocenters. The summed E-state index contributed by atoms with van der Waals surface area (Å²) in [4.78, 5) is 19.7. The van der Waals surface area contributed by atoms with Crippen molar-refractivity contribution < 1.29 is 9.47 Å². The molecule has 1 heterocycles. The number of benzene rings is 3. The van der Waals surface area contributed by atoms with E-state index in [1.165, 1.54) is 0 Å². The minimum atomic E-state index is -0.172. The highest BCUT2D eigenvalue weighted by molar-refractivity contribution is 9.10. The van der Waals surface area contributed by atoms with Crippen LogP contribution in [0.1, 0.15) is 5.56 Å². The summed E-state index contributed by atoms with van der Waals surface area (Å²) in [5, 5.41) is 0.562. The number of aromatic amines is 1. The van der Waals surface area contributed by atoms with Gasteiger partial charge < -0.3 is 14.5 Å². The molecule has 5 nitrogen and oxygen atoms in total. The second kappa shape index (κ2) is 7.86. The fraction of sp³-hybridized carbons (Fsp3) is 0.0909. The molecule has 0 spiro atoms. The van der Waals surface area contributed by atoms with Crippen LogP contribution in [-0.2, 0) is 6.61 Å². The highest BCUT2D eigenvalue weighted by Gasteiger charge is 2.11. The minimum Gasteiger partial charge on any atom is -0.493 e. The van der Waals surface area contributed by atoms with Gasteiger partial charge >= 0.3 is 0 Å². The lowest BCUT2D eigenvalue weighted by molar-refractivity contribution is 0.284. The molecule has 140 valence electrons. The van der Waals surface area contributed by atoms with Gasteiger partial charge in [-0.3, -0.25) is 4.79 Å². The Kier molecular flexibility index (Phi) is 5.12. The van der Waals surface area contributed by atoms with Crippen molar-refractivity contribution in [3.8, 4) is 22.9 Å². The molecule has 6 heteroatoms. The molecule has 0 amide bonds. The van der Waals surface area contributed by atoms with Crippen LogP contribution in [0.4, 0.5) is 0 Å². The number of ether oxygens (including phenoxy) is 2. The van der Waals surface area contributed by atoms with Gasteiger partial charge in [0.2, 0.25) is 0 Å². The number of halogens is 1. The first kappa shape index (κ1) is 18.3. The van der Waals surface area contributed by atoms with Gasteiger partial charge in [-0.1, -0.05) is 46.3 Å². The van der Waals surface area contributed by atoms with E-state index in [4.69, 9.17) is 9.47 Å². The van der Waals surface area contributed by atoms with Crippen LogP contribution in [0.3, 0.4) is 0 Å². The third kappa shape index (κ3) is 3.64. The van der Waals surface area contributed by atoms with Crippen molar-refractivity contribution in [2.24, 2.45) is 0 Å². The zero-order chi connectivity index (χ0) is 19.5. The quantitative estimate of drug-likeness (QED) is 0.481. The number of aromatic nitrogens is 2. The van der Waals surface area contributed by atoms with E-state index < -0.39 is 0 Å². The summed E-state index contributed by atoms with van der Waals surface area (Å²) < 4.78 is 12.4. The first-order chi connectivity index (χ1) is 13.7. The topological polar surface area (TPSA) is 64.2 Å². The average Bonchev–Trinajstić information content (AvgIpc) is 2.73. The maximum atomic E-state index is 12.3. The molecule has 0 aliphatic heterocycles. The normalized spacial score (nSPS) is 10.8. The van der Waals surface area contributed by atoms with Crippen molar-refractivity contribution in [2.45, 2.75) is 6.61 Å². The van der Waals surface area contributed by atoms with E-state index in [1.807, 2.05) is 60.7 Å². The molecule has 3 aromatic carbocycles. The highest BCUT2D eigenvalue weighted by Crippen LogP contribution is 2.32. The fourth-order valence-electron chi connectivity index (χ4n) is 2.93. The van der Waals surface area contributed by atoms with Gasteiger partial charge in [0.1, 0.15) is 12.4 Å².